The van der Waals surface area contributed by atoms with Crippen LogP contribution >= 0.6 is 0 Å². The summed E-state index contributed by atoms with van der Waals surface area (Å²) < 4.78 is 5.74. The van der Waals surface area contributed by atoms with E-state index in [0.717, 1.165) is 5.39 Å². The fourth-order valence-electron chi connectivity index (χ4n) is 2.93. The Morgan fingerprint density at radius 3 is 2.52 bits per heavy atom. The lowest BCUT2D eigenvalue weighted by Gasteiger charge is -2.09. The van der Waals surface area contributed by atoms with Gasteiger partial charge in [-0.25, -0.2) is 0 Å². The summed E-state index contributed by atoms with van der Waals surface area (Å²) in [4.78, 5) is 24.4. The summed E-state index contributed by atoms with van der Waals surface area (Å²) in [6.45, 7) is 0. The molecule has 1 aromatic heterocycles. The summed E-state index contributed by atoms with van der Waals surface area (Å²) in [5.41, 5.74) is 1.95. The van der Waals surface area contributed by atoms with Crippen molar-refractivity contribution in [2.24, 2.45) is 0 Å². The Morgan fingerprint density at radius 2 is 1.72 bits per heavy atom. The van der Waals surface area contributed by atoms with Crippen molar-refractivity contribution in [3.05, 3.63) is 71.8 Å². The zero-order valence-electron chi connectivity index (χ0n) is 13.0. The molecule has 25 heavy (non-hydrogen) atoms. The van der Waals surface area contributed by atoms with Crippen LogP contribution in [-0.2, 0) is 0 Å². The normalized spacial score (nSPS) is 10.9. The first-order chi connectivity index (χ1) is 12.2. The molecule has 0 aliphatic heterocycles. The summed E-state index contributed by atoms with van der Waals surface area (Å²) in [7, 11) is 0. The molecule has 1 heterocycles. The quantitative estimate of drug-likeness (QED) is 0.432. The largest absolute Gasteiger partial charge is 0.506 e. The molecule has 0 spiro atoms. The van der Waals surface area contributed by atoms with Crippen LogP contribution in [0.4, 0.5) is 5.69 Å². The molecule has 2 N–H and O–H groups in total. The number of aromatic hydroxyl groups is 1. The van der Waals surface area contributed by atoms with Crippen molar-refractivity contribution in [2.75, 3.05) is 5.32 Å². The zero-order chi connectivity index (χ0) is 17.4. The third-order valence-electron chi connectivity index (χ3n) is 4.10. The van der Waals surface area contributed by atoms with E-state index in [1.807, 2.05) is 24.3 Å². The Labute approximate surface area is 142 Å². The smallest absolute Gasteiger partial charge is 0.256 e. The predicted octanol–water partition coefficient (Wildman–Crippen LogP) is 4.36. The summed E-state index contributed by atoms with van der Waals surface area (Å²) in [5, 5.41) is 13.8. The average Bonchev–Trinajstić information content (AvgIpc) is 3.01. The number of rotatable bonds is 3. The van der Waals surface area contributed by atoms with Crippen LogP contribution in [0.25, 0.3) is 21.9 Å². The summed E-state index contributed by atoms with van der Waals surface area (Å²) in [5.74, 6) is -0.519. The second kappa shape index (κ2) is 5.79. The SMILES string of the molecule is O=Cc1c(C(=O)Nc2ccccc2O)ccc2oc3ccccc3c12. The van der Waals surface area contributed by atoms with Crippen molar-refractivity contribution >= 4 is 39.8 Å². The minimum Gasteiger partial charge on any atom is -0.506 e. The fourth-order valence-corrected chi connectivity index (χ4v) is 2.93. The lowest BCUT2D eigenvalue weighted by molar-refractivity contribution is 0.101. The lowest BCUT2D eigenvalue weighted by atomic mass is 10.0. The molecule has 122 valence electrons. The van der Waals surface area contributed by atoms with E-state index in [1.54, 1.807) is 30.3 Å². The van der Waals surface area contributed by atoms with E-state index in [-0.39, 0.29) is 22.6 Å². The van der Waals surface area contributed by atoms with Crippen LogP contribution in [0.2, 0.25) is 0 Å². The van der Waals surface area contributed by atoms with E-state index in [1.165, 1.54) is 6.07 Å². The van der Waals surface area contributed by atoms with Gasteiger partial charge in [0.25, 0.3) is 5.91 Å². The van der Waals surface area contributed by atoms with E-state index in [2.05, 4.69) is 5.32 Å². The first kappa shape index (κ1) is 15.0. The first-order valence-electron chi connectivity index (χ1n) is 7.68. The zero-order valence-corrected chi connectivity index (χ0v) is 13.0. The number of hydrogen-bond donors (Lipinski definition) is 2. The Balaban J connectivity index is 1.87. The molecule has 5 heteroatoms. The lowest BCUT2D eigenvalue weighted by Crippen LogP contribution is -2.14. The van der Waals surface area contributed by atoms with E-state index in [0.29, 0.717) is 22.8 Å². The number of para-hydroxylation sites is 3. The molecule has 5 nitrogen and oxygen atoms in total. The van der Waals surface area contributed by atoms with Gasteiger partial charge in [-0.3, -0.25) is 9.59 Å². The molecule has 4 rings (SSSR count). The Hall–Kier alpha value is -3.60. The van der Waals surface area contributed by atoms with Crippen LogP contribution < -0.4 is 5.32 Å². The van der Waals surface area contributed by atoms with E-state index in [9.17, 15) is 14.7 Å². The van der Waals surface area contributed by atoms with Gasteiger partial charge in [-0.1, -0.05) is 30.3 Å². The highest BCUT2D eigenvalue weighted by atomic mass is 16.3. The molecule has 0 saturated carbocycles. The second-order valence-electron chi connectivity index (χ2n) is 5.59. The number of phenols is 1. The minimum atomic E-state index is -0.476. The molecule has 0 aliphatic carbocycles. The van der Waals surface area contributed by atoms with Gasteiger partial charge >= 0.3 is 0 Å². The van der Waals surface area contributed by atoms with Gasteiger partial charge in [-0.05, 0) is 30.3 Å². The number of aldehydes is 1. The summed E-state index contributed by atoms with van der Waals surface area (Å²) >= 11 is 0. The van der Waals surface area contributed by atoms with Crippen molar-refractivity contribution in [2.45, 2.75) is 0 Å². The number of carbonyl (C=O) groups excluding carboxylic acids is 2. The number of fused-ring (bicyclic) bond motifs is 3. The van der Waals surface area contributed by atoms with Crippen molar-refractivity contribution in [3.8, 4) is 5.75 Å². The number of hydrogen-bond acceptors (Lipinski definition) is 4. The molecule has 0 radical (unpaired) electrons. The van der Waals surface area contributed by atoms with Gasteiger partial charge in [-0.15, -0.1) is 0 Å². The van der Waals surface area contributed by atoms with Gasteiger partial charge in [0.15, 0.2) is 6.29 Å². The molecule has 0 fully saturated rings. The average molecular weight is 331 g/mol. The number of anilines is 1. The number of amides is 1. The Morgan fingerprint density at radius 1 is 0.960 bits per heavy atom. The first-order valence-corrected chi connectivity index (χ1v) is 7.68. The number of carbonyl (C=O) groups is 2. The van der Waals surface area contributed by atoms with E-state index < -0.39 is 5.91 Å². The monoisotopic (exact) mass is 331 g/mol. The van der Waals surface area contributed by atoms with Crippen LogP contribution in [-0.4, -0.2) is 17.3 Å². The molecule has 0 bridgehead atoms. The summed E-state index contributed by atoms with van der Waals surface area (Å²) in [6.07, 6.45) is 0.657. The minimum absolute atomic E-state index is 0.0432. The number of nitrogens with one attached hydrogen (secondary N) is 1. The molecule has 0 atom stereocenters. The predicted molar refractivity (Wildman–Crippen MR) is 95.2 cm³/mol. The maximum atomic E-state index is 12.6. The highest BCUT2D eigenvalue weighted by molar-refractivity contribution is 6.19. The number of benzene rings is 3. The van der Waals surface area contributed by atoms with Crippen LogP contribution in [0.5, 0.6) is 5.75 Å². The molecule has 1 amide bonds. The second-order valence-corrected chi connectivity index (χ2v) is 5.59. The number of phenolic OH excluding ortho intramolecular Hbond substituents is 1. The topological polar surface area (TPSA) is 79.5 Å². The maximum absolute atomic E-state index is 12.6. The van der Waals surface area contributed by atoms with Gasteiger partial charge in [0.2, 0.25) is 0 Å². The summed E-state index contributed by atoms with van der Waals surface area (Å²) in [6, 6.07) is 17.0. The maximum Gasteiger partial charge on any atom is 0.256 e. The Bertz CT molecular complexity index is 1130. The van der Waals surface area contributed by atoms with Gasteiger partial charge < -0.3 is 14.8 Å². The van der Waals surface area contributed by atoms with E-state index in [4.69, 9.17) is 4.42 Å². The molecule has 0 unspecified atom stereocenters. The van der Waals surface area contributed by atoms with Crippen molar-refractivity contribution < 1.29 is 19.1 Å². The Kier molecular flexibility index (Phi) is 3.47. The standard InChI is InChI=1S/C20H13NO4/c22-11-14-12(20(24)21-15-6-2-3-7-16(15)23)9-10-18-19(14)13-5-1-4-8-17(13)25-18/h1-11,23H,(H,21,24). The highest BCUT2D eigenvalue weighted by Crippen LogP contribution is 2.32. The molecule has 4 aromatic rings. The van der Waals surface area contributed by atoms with Crippen molar-refractivity contribution in [3.63, 3.8) is 0 Å². The van der Waals surface area contributed by atoms with Crippen LogP contribution in [0.3, 0.4) is 0 Å². The van der Waals surface area contributed by atoms with Crippen LogP contribution in [0, 0.1) is 0 Å². The van der Waals surface area contributed by atoms with Crippen molar-refractivity contribution in [1.82, 2.24) is 0 Å². The van der Waals surface area contributed by atoms with Gasteiger partial charge in [0, 0.05) is 16.3 Å². The van der Waals surface area contributed by atoms with Gasteiger partial charge in [0.05, 0.1) is 11.3 Å². The molecule has 0 saturated heterocycles. The fraction of sp³-hybridized carbons (Fsp3) is 0. The van der Waals surface area contributed by atoms with Crippen molar-refractivity contribution in [1.29, 1.82) is 0 Å². The molecule has 3 aromatic carbocycles. The molecular weight excluding hydrogens is 318 g/mol. The van der Waals surface area contributed by atoms with Gasteiger partial charge in [0.1, 0.15) is 16.9 Å². The third kappa shape index (κ3) is 2.42. The highest BCUT2D eigenvalue weighted by Gasteiger charge is 2.19. The number of furan rings is 1. The molecular formula is C20H13NO4. The molecule has 0 aliphatic rings. The third-order valence-corrected chi connectivity index (χ3v) is 4.10. The van der Waals surface area contributed by atoms with Crippen LogP contribution in [0.1, 0.15) is 20.7 Å². The van der Waals surface area contributed by atoms with Gasteiger partial charge in [-0.2, -0.15) is 0 Å². The van der Waals surface area contributed by atoms with E-state index >= 15 is 0 Å². The van der Waals surface area contributed by atoms with Crippen LogP contribution in [0.15, 0.2) is 65.1 Å².